The van der Waals surface area contributed by atoms with Gasteiger partial charge in [0.25, 0.3) is 0 Å². The molecule has 0 bridgehead atoms. The van der Waals surface area contributed by atoms with Crippen LogP contribution in [-0.4, -0.2) is 28.3 Å². The SMILES string of the molecule is CCC(CC)(CO)NC(=O)Nc1cccnc1Cl. The number of rotatable bonds is 5. The Hall–Kier alpha value is -1.33. The molecule has 0 spiro atoms. The predicted octanol–water partition coefficient (Wildman–Crippen LogP) is 2.41. The molecule has 0 fully saturated rings. The lowest BCUT2D eigenvalue weighted by molar-refractivity contribution is 0.155. The van der Waals surface area contributed by atoms with Gasteiger partial charge < -0.3 is 15.7 Å². The summed E-state index contributed by atoms with van der Waals surface area (Å²) in [6, 6.07) is 2.94. The van der Waals surface area contributed by atoms with E-state index in [0.29, 0.717) is 18.5 Å². The van der Waals surface area contributed by atoms with Gasteiger partial charge in [-0.25, -0.2) is 9.78 Å². The van der Waals surface area contributed by atoms with E-state index in [1.807, 2.05) is 13.8 Å². The van der Waals surface area contributed by atoms with Crippen LogP contribution in [0.3, 0.4) is 0 Å². The molecule has 6 heteroatoms. The molecule has 0 saturated heterocycles. The average molecular weight is 272 g/mol. The summed E-state index contributed by atoms with van der Waals surface area (Å²) >= 11 is 5.84. The first-order chi connectivity index (χ1) is 8.56. The van der Waals surface area contributed by atoms with Gasteiger partial charge in [0.2, 0.25) is 0 Å². The monoisotopic (exact) mass is 271 g/mol. The van der Waals surface area contributed by atoms with Gasteiger partial charge in [-0.05, 0) is 25.0 Å². The van der Waals surface area contributed by atoms with Gasteiger partial charge in [-0.3, -0.25) is 0 Å². The Morgan fingerprint density at radius 3 is 2.67 bits per heavy atom. The van der Waals surface area contributed by atoms with Crippen molar-refractivity contribution in [3.8, 4) is 0 Å². The van der Waals surface area contributed by atoms with E-state index in [2.05, 4.69) is 15.6 Å². The van der Waals surface area contributed by atoms with Crippen LogP contribution < -0.4 is 10.6 Å². The second kappa shape index (κ2) is 6.56. The quantitative estimate of drug-likeness (QED) is 0.720. The summed E-state index contributed by atoms with van der Waals surface area (Å²) in [5.41, 5.74) is -0.158. The lowest BCUT2D eigenvalue weighted by Crippen LogP contribution is -2.52. The minimum atomic E-state index is -0.598. The molecule has 0 aromatic carbocycles. The van der Waals surface area contributed by atoms with E-state index in [1.165, 1.54) is 0 Å². The molecule has 0 aliphatic rings. The van der Waals surface area contributed by atoms with Crippen molar-refractivity contribution in [1.82, 2.24) is 10.3 Å². The van der Waals surface area contributed by atoms with Crippen molar-refractivity contribution in [2.24, 2.45) is 0 Å². The molecule has 0 unspecified atom stereocenters. The normalized spacial score (nSPS) is 11.1. The highest BCUT2D eigenvalue weighted by Gasteiger charge is 2.27. The van der Waals surface area contributed by atoms with Crippen LogP contribution in [0.1, 0.15) is 26.7 Å². The predicted molar refractivity (Wildman–Crippen MR) is 71.8 cm³/mol. The van der Waals surface area contributed by atoms with Crippen molar-refractivity contribution in [1.29, 1.82) is 0 Å². The van der Waals surface area contributed by atoms with E-state index in [1.54, 1.807) is 18.3 Å². The topological polar surface area (TPSA) is 74.2 Å². The van der Waals surface area contributed by atoms with Crippen LogP contribution in [0.25, 0.3) is 0 Å². The fourth-order valence-electron chi connectivity index (χ4n) is 1.56. The van der Waals surface area contributed by atoms with Crippen molar-refractivity contribution in [2.45, 2.75) is 32.2 Å². The second-order valence-electron chi connectivity index (χ2n) is 4.07. The van der Waals surface area contributed by atoms with Crippen LogP contribution in [0.5, 0.6) is 0 Å². The Morgan fingerprint density at radius 1 is 1.50 bits per heavy atom. The molecule has 0 atom stereocenters. The number of hydrogen-bond donors (Lipinski definition) is 3. The van der Waals surface area contributed by atoms with Crippen molar-refractivity contribution >= 4 is 23.3 Å². The number of anilines is 1. The largest absolute Gasteiger partial charge is 0.394 e. The Morgan fingerprint density at radius 2 is 2.17 bits per heavy atom. The number of aromatic nitrogens is 1. The van der Waals surface area contributed by atoms with E-state index in [0.717, 1.165) is 0 Å². The van der Waals surface area contributed by atoms with Gasteiger partial charge in [0, 0.05) is 6.20 Å². The smallest absolute Gasteiger partial charge is 0.319 e. The minimum absolute atomic E-state index is 0.103. The molecule has 0 aliphatic heterocycles. The van der Waals surface area contributed by atoms with Crippen molar-refractivity contribution in [2.75, 3.05) is 11.9 Å². The summed E-state index contributed by atoms with van der Waals surface area (Å²) in [5.74, 6) is 0. The van der Waals surface area contributed by atoms with Gasteiger partial charge in [0.05, 0.1) is 17.8 Å². The third kappa shape index (κ3) is 3.58. The fraction of sp³-hybridized carbons (Fsp3) is 0.500. The Bertz CT molecular complexity index is 400. The zero-order valence-electron chi connectivity index (χ0n) is 10.5. The summed E-state index contributed by atoms with van der Waals surface area (Å²) < 4.78 is 0. The van der Waals surface area contributed by atoms with Gasteiger partial charge in [0.1, 0.15) is 0 Å². The van der Waals surface area contributed by atoms with E-state index in [9.17, 15) is 9.90 Å². The van der Waals surface area contributed by atoms with Crippen LogP contribution in [-0.2, 0) is 0 Å². The van der Waals surface area contributed by atoms with Gasteiger partial charge in [0.15, 0.2) is 5.15 Å². The molecule has 1 aromatic heterocycles. The second-order valence-corrected chi connectivity index (χ2v) is 4.42. The summed E-state index contributed by atoms with van der Waals surface area (Å²) in [5, 5.41) is 15.0. The number of pyridine rings is 1. The van der Waals surface area contributed by atoms with Crippen molar-refractivity contribution in [3.05, 3.63) is 23.5 Å². The summed E-state index contributed by atoms with van der Waals surface area (Å²) in [7, 11) is 0. The minimum Gasteiger partial charge on any atom is -0.394 e. The van der Waals surface area contributed by atoms with Crippen LogP contribution in [0.15, 0.2) is 18.3 Å². The molecule has 1 rings (SSSR count). The zero-order chi connectivity index (χ0) is 13.6. The van der Waals surface area contributed by atoms with Gasteiger partial charge in [-0.15, -0.1) is 0 Å². The summed E-state index contributed by atoms with van der Waals surface area (Å²) in [6.45, 7) is 3.72. The van der Waals surface area contributed by atoms with Gasteiger partial charge in [-0.1, -0.05) is 25.4 Å². The summed E-state index contributed by atoms with van der Waals surface area (Å²) in [4.78, 5) is 15.7. The number of carbonyl (C=O) groups excluding carboxylic acids is 1. The van der Waals surface area contributed by atoms with Crippen LogP contribution in [0.2, 0.25) is 5.15 Å². The molecule has 0 saturated carbocycles. The Balaban J connectivity index is 2.70. The molecule has 5 nitrogen and oxygen atoms in total. The lowest BCUT2D eigenvalue weighted by atomic mass is 9.94. The van der Waals surface area contributed by atoms with Crippen molar-refractivity contribution < 1.29 is 9.90 Å². The molecule has 1 heterocycles. The molecule has 18 heavy (non-hydrogen) atoms. The van der Waals surface area contributed by atoms with E-state index in [4.69, 9.17) is 11.6 Å². The molecular weight excluding hydrogens is 254 g/mol. The molecule has 0 radical (unpaired) electrons. The molecule has 100 valence electrons. The van der Waals surface area contributed by atoms with E-state index < -0.39 is 11.6 Å². The number of aliphatic hydroxyl groups excluding tert-OH is 1. The lowest BCUT2D eigenvalue weighted by Gasteiger charge is -2.30. The zero-order valence-corrected chi connectivity index (χ0v) is 11.3. The standard InChI is InChI=1S/C12H18ClN3O2/c1-3-12(4-2,8-17)16-11(18)15-9-6-5-7-14-10(9)13/h5-7,17H,3-4,8H2,1-2H3,(H2,15,16,18). The number of halogens is 1. The highest BCUT2D eigenvalue weighted by atomic mass is 35.5. The highest BCUT2D eigenvalue weighted by Crippen LogP contribution is 2.18. The van der Waals surface area contributed by atoms with Crippen LogP contribution in [0.4, 0.5) is 10.5 Å². The van der Waals surface area contributed by atoms with Crippen LogP contribution >= 0.6 is 11.6 Å². The molecule has 3 N–H and O–H groups in total. The number of nitrogens with zero attached hydrogens (tertiary/aromatic N) is 1. The van der Waals surface area contributed by atoms with E-state index >= 15 is 0 Å². The highest BCUT2D eigenvalue weighted by molar-refractivity contribution is 6.32. The number of carbonyl (C=O) groups is 1. The molecular formula is C12H18ClN3O2. The first kappa shape index (κ1) is 14.7. The third-order valence-corrected chi connectivity index (χ3v) is 3.34. The van der Waals surface area contributed by atoms with Gasteiger partial charge >= 0.3 is 6.03 Å². The number of aliphatic hydroxyl groups is 1. The van der Waals surface area contributed by atoms with E-state index in [-0.39, 0.29) is 11.8 Å². The van der Waals surface area contributed by atoms with Crippen molar-refractivity contribution in [3.63, 3.8) is 0 Å². The Labute approximate surface area is 112 Å². The first-order valence-corrected chi connectivity index (χ1v) is 6.25. The van der Waals surface area contributed by atoms with Crippen LogP contribution in [0, 0.1) is 0 Å². The molecule has 0 aliphatic carbocycles. The maximum atomic E-state index is 11.8. The maximum absolute atomic E-state index is 11.8. The number of hydrogen-bond acceptors (Lipinski definition) is 3. The summed E-state index contributed by atoms with van der Waals surface area (Å²) in [6.07, 6.45) is 2.84. The molecule has 1 aromatic rings. The number of urea groups is 1. The molecule has 2 amide bonds. The first-order valence-electron chi connectivity index (χ1n) is 5.87. The average Bonchev–Trinajstić information content (AvgIpc) is 2.39. The number of nitrogens with one attached hydrogen (secondary N) is 2. The number of amides is 2. The van der Waals surface area contributed by atoms with Gasteiger partial charge in [-0.2, -0.15) is 0 Å². The third-order valence-electron chi connectivity index (χ3n) is 3.04. The Kier molecular flexibility index (Phi) is 5.37. The maximum Gasteiger partial charge on any atom is 0.319 e. The fourth-order valence-corrected chi connectivity index (χ4v) is 1.73.